The maximum absolute atomic E-state index is 13.6. The molecule has 35 heavy (non-hydrogen) atoms. The van der Waals surface area contributed by atoms with Gasteiger partial charge < -0.3 is 16.0 Å². The second kappa shape index (κ2) is 10.5. The summed E-state index contributed by atoms with van der Waals surface area (Å²) in [6.07, 6.45) is 3.30. The first-order valence-corrected chi connectivity index (χ1v) is 11.8. The van der Waals surface area contributed by atoms with E-state index in [1.807, 2.05) is 38.1 Å². The van der Waals surface area contributed by atoms with E-state index in [1.165, 1.54) is 24.3 Å². The van der Waals surface area contributed by atoms with Crippen LogP contribution in [-0.2, 0) is 11.2 Å². The highest BCUT2D eigenvalue weighted by atomic mass is 32.1. The fourth-order valence-electron chi connectivity index (χ4n) is 3.45. The molecule has 0 aliphatic heterocycles. The minimum absolute atomic E-state index is 0.129. The molecule has 0 saturated heterocycles. The zero-order chi connectivity index (χ0) is 24.9. The van der Waals surface area contributed by atoms with Gasteiger partial charge in [-0.05, 0) is 49.6 Å². The van der Waals surface area contributed by atoms with Crippen LogP contribution in [0.15, 0.2) is 42.7 Å². The quantitative estimate of drug-likeness (QED) is 0.339. The minimum Gasteiger partial charge on any atom is -0.350 e. The second-order valence-corrected chi connectivity index (χ2v) is 9.17. The Balaban J connectivity index is 1.47. The van der Waals surface area contributed by atoms with Crippen molar-refractivity contribution in [1.82, 2.24) is 25.3 Å². The SMILES string of the molecule is CC(=O)Nc1ccc(CCNC(=O)c2nc(N[C@@H](C)c3cncc(F)c3)nc3nc(C)sc23)cc1. The fraction of sp³-hybridized carbons (Fsp3) is 0.250. The van der Waals surface area contributed by atoms with E-state index in [2.05, 4.69) is 35.9 Å². The van der Waals surface area contributed by atoms with E-state index < -0.39 is 5.82 Å². The van der Waals surface area contributed by atoms with Crippen molar-refractivity contribution in [2.75, 3.05) is 17.2 Å². The molecule has 9 nitrogen and oxygen atoms in total. The van der Waals surface area contributed by atoms with Gasteiger partial charge in [-0.15, -0.1) is 11.3 Å². The van der Waals surface area contributed by atoms with Crippen LogP contribution >= 0.6 is 11.3 Å². The van der Waals surface area contributed by atoms with E-state index in [0.717, 1.165) is 22.5 Å². The van der Waals surface area contributed by atoms with Gasteiger partial charge in [0, 0.05) is 25.4 Å². The van der Waals surface area contributed by atoms with Crippen LogP contribution in [0, 0.1) is 12.7 Å². The van der Waals surface area contributed by atoms with E-state index in [-0.39, 0.29) is 29.5 Å². The third kappa shape index (κ3) is 6.12. The van der Waals surface area contributed by atoms with Crippen LogP contribution in [0.4, 0.5) is 16.0 Å². The summed E-state index contributed by atoms with van der Waals surface area (Å²) in [5.41, 5.74) is 3.01. The molecule has 1 aromatic carbocycles. The summed E-state index contributed by atoms with van der Waals surface area (Å²) in [7, 11) is 0. The normalized spacial score (nSPS) is 11.8. The number of nitrogens with zero attached hydrogens (tertiary/aromatic N) is 4. The molecule has 0 saturated carbocycles. The van der Waals surface area contributed by atoms with Crippen LogP contribution < -0.4 is 16.0 Å². The lowest BCUT2D eigenvalue weighted by Crippen LogP contribution is -2.27. The Morgan fingerprint density at radius 1 is 1.11 bits per heavy atom. The predicted molar refractivity (Wildman–Crippen MR) is 133 cm³/mol. The summed E-state index contributed by atoms with van der Waals surface area (Å²) in [5.74, 6) is -0.680. The van der Waals surface area contributed by atoms with Gasteiger partial charge in [0.1, 0.15) is 10.5 Å². The molecule has 4 aromatic rings. The smallest absolute Gasteiger partial charge is 0.271 e. The summed E-state index contributed by atoms with van der Waals surface area (Å²) in [6, 6.07) is 8.48. The molecule has 1 atom stereocenters. The Kier molecular flexibility index (Phi) is 7.25. The van der Waals surface area contributed by atoms with Crippen molar-refractivity contribution in [3.8, 4) is 0 Å². The average Bonchev–Trinajstić information content (AvgIpc) is 3.19. The second-order valence-electron chi connectivity index (χ2n) is 7.97. The lowest BCUT2D eigenvalue weighted by molar-refractivity contribution is -0.114. The molecule has 0 spiro atoms. The Morgan fingerprint density at radius 3 is 2.60 bits per heavy atom. The minimum atomic E-state index is -0.438. The molecular weight excluding hydrogens is 469 g/mol. The molecule has 0 aliphatic carbocycles. The van der Waals surface area contributed by atoms with E-state index in [1.54, 1.807) is 6.20 Å². The van der Waals surface area contributed by atoms with Gasteiger partial charge in [-0.25, -0.2) is 14.4 Å². The molecular formula is C24H24FN7O2S. The Bertz CT molecular complexity index is 1370. The van der Waals surface area contributed by atoms with Gasteiger partial charge in [0.15, 0.2) is 11.3 Å². The van der Waals surface area contributed by atoms with Crippen LogP contribution in [-0.4, -0.2) is 38.3 Å². The third-order valence-electron chi connectivity index (χ3n) is 5.12. The molecule has 0 radical (unpaired) electrons. The Hall–Kier alpha value is -3.99. The number of carbonyl (C=O) groups is 2. The number of benzene rings is 1. The van der Waals surface area contributed by atoms with Crippen LogP contribution in [0.25, 0.3) is 10.3 Å². The summed E-state index contributed by atoms with van der Waals surface area (Å²) in [5, 5.41) is 9.51. The number of aromatic nitrogens is 4. The fourth-order valence-corrected chi connectivity index (χ4v) is 4.30. The summed E-state index contributed by atoms with van der Waals surface area (Å²) < 4.78 is 14.2. The number of nitrogens with one attached hydrogen (secondary N) is 3. The molecule has 0 bridgehead atoms. The number of carbonyl (C=O) groups excluding carboxylic acids is 2. The van der Waals surface area contributed by atoms with Gasteiger partial charge in [-0.3, -0.25) is 14.6 Å². The van der Waals surface area contributed by atoms with E-state index in [4.69, 9.17) is 0 Å². The van der Waals surface area contributed by atoms with Crippen molar-refractivity contribution in [3.63, 3.8) is 0 Å². The van der Waals surface area contributed by atoms with Crippen molar-refractivity contribution in [3.05, 3.63) is 70.4 Å². The number of hydrogen-bond donors (Lipinski definition) is 3. The number of aryl methyl sites for hydroxylation is 1. The van der Waals surface area contributed by atoms with E-state index in [0.29, 0.717) is 28.9 Å². The number of fused-ring (bicyclic) bond motifs is 1. The first kappa shape index (κ1) is 24.1. The standard InChI is InChI=1S/C24H24FN7O2S/c1-13(17-10-18(25)12-26-11-17)28-24-31-20(21-22(32-24)30-15(3)35-21)23(34)27-9-8-16-4-6-19(7-5-16)29-14(2)33/h4-7,10-13H,8-9H2,1-3H3,(H,27,34)(H,29,33)(H,28,31,32)/t13-/m0/s1. The largest absolute Gasteiger partial charge is 0.350 e. The molecule has 2 amide bonds. The molecule has 0 unspecified atom stereocenters. The predicted octanol–water partition coefficient (Wildman–Crippen LogP) is 4.03. The van der Waals surface area contributed by atoms with Gasteiger partial charge in [-0.1, -0.05) is 12.1 Å². The van der Waals surface area contributed by atoms with Gasteiger partial charge in [-0.2, -0.15) is 4.98 Å². The Morgan fingerprint density at radius 2 is 1.89 bits per heavy atom. The lowest BCUT2D eigenvalue weighted by atomic mass is 10.1. The first-order chi connectivity index (χ1) is 16.8. The monoisotopic (exact) mass is 493 g/mol. The summed E-state index contributed by atoms with van der Waals surface area (Å²) >= 11 is 1.35. The zero-order valence-corrected chi connectivity index (χ0v) is 20.2. The van der Waals surface area contributed by atoms with E-state index in [9.17, 15) is 14.0 Å². The highest BCUT2D eigenvalue weighted by molar-refractivity contribution is 7.18. The van der Waals surface area contributed by atoms with Crippen molar-refractivity contribution in [1.29, 1.82) is 0 Å². The number of pyridine rings is 1. The number of anilines is 2. The van der Waals surface area contributed by atoms with E-state index >= 15 is 0 Å². The lowest BCUT2D eigenvalue weighted by Gasteiger charge is -2.14. The highest BCUT2D eigenvalue weighted by Gasteiger charge is 2.19. The molecule has 0 aliphatic rings. The number of thiazole rings is 1. The highest BCUT2D eigenvalue weighted by Crippen LogP contribution is 2.26. The number of amides is 2. The molecule has 0 fully saturated rings. The van der Waals surface area contributed by atoms with Gasteiger partial charge in [0.2, 0.25) is 11.9 Å². The van der Waals surface area contributed by atoms with Crippen LogP contribution in [0.3, 0.4) is 0 Å². The van der Waals surface area contributed by atoms with Crippen LogP contribution in [0.5, 0.6) is 0 Å². The van der Waals surface area contributed by atoms with Crippen LogP contribution in [0.1, 0.15) is 46.5 Å². The van der Waals surface area contributed by atoms with Gasteiger partial charge in [0.25, 0.3) is 5.91 Å². The van der Waals surface area contributed by atoms with Crippen molar-refractivity contribution >= 4 is 45.1 Å². The van der Waals surface area contributed by atoms with Gasteiger partial charge >= 0.3 is 0 Å². The number of rotatable bonds is 8. The van der Waals surface area contributed by atoms with Gasteiger partial charge in [0.05, 0.1) is 17.2 Å². The molecule has 11 heteroatoms. The number of hydrogen-bond acceptors (Lipinski definition) is 8. The topological polar surface area (TPSA) is 122 Å². The molecule has 3 aromatic heterocycles. The van der Waals surface area contributed by atoms with Crippen molar-refractivity contribution < 1.29 is 14.0 Å². The molecule has 180 valence electrons. The van der Waals surface area contributed by atoms with Crippen molar-refractivity contribution in [2.24, 2.45) is 0 Å². The molecule has 3 N–H and O–H groups in total. The summed E-state index contributed by atoms with van der Waals surface area (Å²) in [4.78, 5) is 41.3. The first-order valence-electron chi connectivity index (χ1n) is 11.0. The molecule has 3 heterocycles. The summed E-state index contributed by atoms with van der Waals surface area (Å²) in [6.45, 7) is 5.52. The maximum Gasteiger partial charge on any atom is 0.271 e. The third-order valence-corrected chi connectivity index (χ3v) is 6.09. The van der Waals surface area contributed by atoms with Crippen molar-refractivity contribution in [2.45, 2.75) is 33.2 Å². The average molecular weight is 494 g/mol. The Labute approximate surface area is 205 Å². The number of halogens is 1. The maximum atomic E-state index is 13.6. The zero-order valence-electron chi connectivity index (χ0n) is 19.4. The molecule has 4 rings (SSSR count). The van der Waals surface area contributed by atoms with Crippen LogP contribution in [0.2, 0.25) is 0 Å².